The van der Waals surface area contributed by atoms with Crippen LogP contribution in [0, 0.1) is 0 Å². The van der Waals surface area contributed by atoms with E-state index in [-0.39, 0.29) is 11.9 Å². The summed E-state index contributed by atoms with van der Waals surface area (Å²) in [5.74, 6) is 0.148. The maximum Gasteiger partial charge on any atom is 0.228 e. The van der Waals surface area contributed by atoms with Gasteiger partial charge in [0.2, 0.25) is 5.91 Å². The molecule has 0 aliphatic carbocycles. The molecule has 96 valence electrons. The molecule has 2 heterocycles. The summed E-state index contributed by atoms with van der Waals surface area (Å²) in [5.41, 5.74) is 2.02. The highest BCUT2D eigenvalue weighted by atomic mass is 35.5. The molecule has 2 aliphatic heterocycles. The fourth-order valence-electron chi connectivity index (χ4n) is 2.74. The number of benzene rings is 1. The molecule has 1 saturated heterocycles. The fourth-order valence-corrected chi connectivity index (χ4v) is 2.91. The van der Waals surface area contributed by atoms with Crippen LogP contribution in [-0.2, 0) is 4.79 Å². The molecule has 1 aromatic carbocycles. The zero-order valence-corrected chi connectivity index (χ0v) is 11.1. The number of rotatable bonds is 0. The Morgan fingerprint density at radius 3 is 3.06 bits per heavy atom. The van der Waals surface area contributed by atoms with E-state index in [2.05, 4.69) is 10.2 Å². The van der Waals surface area contributed by atoms with E-state index in [1.165, 1.54) is 0 Å². The smallest absolute Gasteiger partial charge is 0.228 e. The highest BCUT2D eigenvalue weighted by molar-refractivity contribution is 6.31. The van der Waals surface area contributed by atoms with Crippen LogP contribution >= 0.6 is 11.6 Å². The zero-order chi connectivity index (χ0) is 12.7. The Morgan fingerprint density at radius 1 is 1.39 bits per heavy atom. The average molecular weight is 266 g/mol. The van der Waals surface area contributed by atoms with Crippen LogP contribution in [-0.4, -0.2) is 38.6 Å². The molecule has 1 N–H and O–H groups in total. The van der Waals surface area contributed by atoms with Gasteiger partial charge in [-0.1, -0.05) is 11.6 Å². The van der Waals surface area contributed by atoms with Crippen molar-refractivity contribution >= 4 is 28.9 Å². The SMILES string of the molecule is CN1C(=O)CC2CNCCN2c2ccc(Cl)cc21. The first kappa shape index (κ1) is 11.8. The van der Waals surface area contributed by atoms with Crippen molar-refractivity contribution in [3.05, 3.63) is 23.2 Å². The number of piperazine rings is 1. The van der Waals surface area contributed by atoms with Crippen molar-refractivity contribution in [2.24, 2.45) is 0 Å². The standard InChI is InChI=1S/C13H16ClN3O/c1-16-12-6-9(14)2-3-11(12)17-5-4-15-8-10(17)7-13(16)18/h2-3,6,10,15H,4-5,7-8H2,1H3. The van der Waals surface area contributed by atoms with E-state index in [1.54, 1.807) is 4.90 Å². The second-order valence-electron chi connectivity index (χ2n) is 4.84. The van der Waals surface area contributed by atoms with Crippen LogP contribution in [0.5, 0.6) is 0 Å². The van der Waals surface area contributed by atoms with Crippen molar-refractivity contribution in [3.8, 4) is 0 Å². The van der Waals surface area contributed by atoms with Crippen molar-refractivity contribution in [3.63, 3.8) is 0 Å². The minimum Gasteiger partial charge on any atom is -0.364 e. The van der Waals surface area contributed by atoms with E-state index < -0.39 is 0 Å². The number of anilines is 2. The highest BCUT2D eigenvalue weighted by Gasteiger charge is 2.32. The molecule has 4 nitrogen and oxygen atoms in total. The zero-order valence-electron chi connectivity index (χ0n) is 10.3. The van der Waals surface area contributed by atoms with Gasteiger partial charge in [-0.25, -0.2) is 0 Å². The van der Waals surface area contributed by atoms with Crippen LogP contribution in [0.4, 0.5) is 11.4 Å². The lowest BCUT2D eigenvalue weighted by atomic mass is 10.1. The molecule has 1 atom stereocenters. The highest BCUT2D eigenvalue weighted by Crippen LogP contribution is 2.36. The van der Waals surface area contributed by atoms with Crippen LogP contribution in [0.3, 0.4) is 0 Å². The van der Waals surface area contributed by atoms with Crippen molar-refractivity contribution in [2.45, 2.75) is 12.5 Å². The molecular formula is C13H16ClN3O. The second-order valence-corrected chi connectivity index (χ2v) is 5.28. The van der Waals surface area contributed by atoms with Crippen LogP contribution in [0.1, 0.15) is 6.42 Å². The first-order valence-electron chi connectivity index (χ1n) is 6.20. The number of halogens is 1. The Hall–Kier alpha value is -1.26. The maximum absolute atomic E-state index is 12.2. The van der Waals surface area contributed by atoms with E-state index in [0.717, 1.165) is 31.0 Å². The van der Waals surface area contributed by atoms with E-state index in [4.69, 9.17) is 11.6 Å². The number of amides is 1. The number of nitrogens with zero attached hydrogens (tertiary/aromatic N) is 2. The monoisotopic (exact) mass is 265 g/mol. The molecule has 0 saturated carbocycles. The molecule has 0 spiro atoms. The Labute approximate surface area is 112 Å². The Morgan fingerprint density at radius 2 is 2.22 bits per heavy atom. The number of carbonyl (C=O) groups excluding carboxylic acids is 1. The third kappa shape index (κ3) is 1.85. The van der Waals surface area contributed by atoms with Gasteiger partial charge in [0.1, 0.15) is 0 Å². The summed E-state index contributed by atoms with van der Waals surface area (Å²) in [5, 5.41) is 4.02. The van der Waals surface area contributed by atoms with Gasteiger partial charge < -0.3 is 15.1 Å². The quantitative estimate of drug-likeness (QED) is 0.772. The van der Waals surface area contributed by atoms with Crippen LogP contribution in [0.2, 0.25) is 5.02 Å². The average Bonchev–Trinajstić information content (AvgIpc) is 2.47. The molecule has 0 aromatic heterocycles. The second kappa shape index (κ2) is 4.44. The summed E-state index contributed by atoms with van der Waals surface area (Å²) >= 11 is 6.05. The van der Waals surface area contributed by atoms with Crippen molar-refractivity contribution in [1.82, 2.24) is 5.32 Å². The van der Waals surface area contributed by atoms with Gasteiger partial charge in [-0.3, -0.25) is 4.79 Å². The molecule has 1 amide bonds. The van der Waals surface area contributed by atoms with E-state index in [1.807, 2.05) is 25.2 Å². The van der Waals surface area contributed by atoms with Crippen LogP contribution < -0.4 is 15.1 Å². The van der Waals surface area contributed by atoms with E-state index in [0.29, 0.717) is 11.4 Å². The first-order chi connectivity index (χ1) is 8.66. The Balaban J connectivity index is 2.11. The minimum absolute atomic E-state index is 0.148. The molecule has 5 heteroatoms. The molecule has 0 radical (unpaired) electrons. The van der Waals surface area contributed by atoms with Gasteiger partial charge in [0.25, 0.3) is 0 Å². The van der Waals surface area contributed by atoms with Gasteiger partial charge in [0.05, 0.1) is 17.4 Å². The predicted molar refractivity (Wildman–Crippen MR) is 73.5 cm³/mol. The van der Waals surface area contributed by atoms with Gasteiger partial charge >= 0.3 is 0 Å². The summed E-state index contributed by atoms with van der Waals surface area (Å²) in [6.07, 6.45) is 0.551. The summed E-state index contributed by atoms with van der Waals surface area (Å²) < 4.78 is 0. The van der Waals surface area contributed by atoms with Gasteiger partial charge in [-0.15, -0.1) is 0 Å². The summed E-state index contributed by atoms with van der Waals surface area (Å²) in [7, 11) is 1.82. The van der Waals surface area contributed by atoms with Crippen molar-refractivity contribution in [2.75, 3.05) is 36.5 Å². The molecular weight excluding hydrogens is 250 g/mol. The molecule has 1 fully saturated rings. The normalized spacial score (nSPS) is 23.4. The summed E-state index contributed by atoms with van der Waals surface area (Å²) in [4.78, 5) is 16.2. The molecule has 2 aliphatic rings. The number of fused-ring (bicyclic) bond motifs is 3. The Bertz CT molecular complexity index is 491. The van der Waals surface area contributed by atoms with Gasteiger partial charge in [0, 0.05) is 38.1 Å². The van der Waals surface area contributed by atoms with Gasteiger partial charge in [-0.2, -0.15) is 0 Å². The van der Waals surface area contributed by atoms with Crippen molar-refractivity contribution < 1.29 is 4.79 Å². The maximum atomic E-state index is 12.2. The fraction of sp³-hybridized carbons (Fsp3) is 0.462. The van der Waals surface area contributed by atoms with Crippen LogP contribution in [0.15, 0.2) is 18.2 Å². The van der Waals surface area contributed by atoms with E-state index >= 15 is 0 Å². The molecule has 3 rings (SSSR count). The molecule has 1 unspecified atom stereocenters. The lowest BCUT2D eigenvalue weighted by Crippen LogP contribution is -2.51. The van der Waals surface area contributed by atoms with Crippen molar-refractivity contribution in [1.29, 1.82) is 0 Å². The summed E-state index contributed by atoms with van der Waals surface area (Å²) in [6.45, 7) is 2.75. The molecule has 0 bridgehead atoms. The number of carbonyl (C=O) groups is 1. The summed E-state index contributed by atoms with van der Waals surface area (Å²) in [6, 6.07) is 6.03. The third-order valence-corrected chi connectivity index (χ3v) is 3.98. The van der Waals surface area contributed by atoms with E-state index in [9.17, 15) is 4.79 Å². The lowest BCUT2D eigenvalue weighted by molar-refractivity contribution is -0.118. The molecule has 1 aromatic rings. The topological polar surface area (TPSA) is 35.6 Å². The lowest BCUT2D eigenvalue weighted by Gasteiger charge is -2.36. The number of hydrogen-bond acceptors (Lipinski definition) is 3. The predicted octanol–water partition coefficient (Wildman–Crippen LogP) is 1.48. The van der Waals surface area contributed by atoms with Crippen LogP contribution in [0.25, 0.3) is 0 Å². The Kier molecular flexibility index (Phi) is 2.92. The number of hydrogen-bond donors (Lipinski definition) is 1. The third-order valence-electron chi connectivity index (χ3n) is 3.74. The minimum atomic E-state index is 0.148. The molecule has 18 heavy (non-hydrogen) atoms. The number of nitrogens with one attached hydrogen (secondary N) is 1. The van der Waals surface area contributed by atoms with Gasteiger partial charge in [0.15, 0.2) is 0 Å². The largest absolute Gasteiger partial charge is 0.364 e. The first-order valence-corrected chi connectivity index (χ1v) is 6.58. The van der Waals surface area contributed by atoms with Gasteiger partial charge in [-0.05, 0) is 18.2 Å².